The van der Waals surface area contributed by atoms with Crippen molar-refractivity contribution in [2.24, 2.45) is 11.8 Å². The summed E-state index contributed by atoms with van der Waals surface area (Å²) in [7, 11) is 1.67. The number of carbonyl (C=O) groups is 3. The largest absolute Gasteiger partial charge is 0.497 e. The van der Waals surface area contributed by atoms with Gasteiger partial charge in [-0.2, -0.15) is 15.3 Å². The molecule has 0 radical (unpaired) electrons. The molecule has 3 N–H and O–H groups in total. The smallest absolute Gasteiger partial charge is 0.286 e. The first kappa shape index (κ1) is 78.9. The number of nitrogens with one attached hydrogen (secondary N) is 3. The minimum atomic E-state index is -0.298. The first-order chi connectivity index (χ1) is 54.3. The molecule has 5 aromatic heterocycles. The van der Waals surface area contributed by atoms with E-state index in [2.05, 4.69) is 37.1 Å². The number of allylic oxidation sites excluding steroid dienone is 3. The zero-order chi connectivity index (χ0) is 78.1. The van der Waals surface area contributed by atoms with Crippen LogP contribution in [0.2, 0.25) is 30.1 Å². The Morgan fingerprint density at radius 2 is 0.795 bits per heavy atom. The van der Waals surface area contributed by atoms with Crippen molar-refractivity contribution in [2.45, 2.75) is 122 Å². The van der Waals surface area contributed by atoms with Crippen LogP contribution in [0.3, 0.4) is 0 Å². The van der Waals surface area contributed by atoms with Gasteiger partial charge in [0.2, 0.25) is 0 Å². The molecule has 0 spiro atoms. The molecule has 112 heavy (non-hydrogen) atoms. The van der Waals surface area contributed by atoms with E-state index in [1.807, 2.05) is 103 Å². The van der Waals surface area contributed by atoms with Gasteiger partial charge >= 0.3 is 0 Å². The maximum absolute atomic E-state index is 13.7. The molecule has 6 heterocycles. The highest BCUT2D eigenvalue weighted by molar-refractivity contribution is 6.37. The van der Waals surface area contributed by atoms with E-state index in [1.54, 1.807) is 95.6 Å². The van der Waals surface area contributed by atoms with Crippen LogP contribution in [0, 0.1) is 23.5 Å². The Balaban J connectivity index is 0.000000140. The van der Waals surface area contributed by atoms with Gasteiger partial charge in [-0.1, -0.05) is 125 Å². The first-order valence-electron chi connectivity index (χ1n) is 37.8. The minimum Gasteiger partial charge on any atom is -0.497 e. The predicted molar refractivity (Wildman–Crippen MR) is 443 cm³/mol. The normalized spacial score (nSPS) is 17.6. The van der Waals surface area contributed by atoms with Crippen molar-refractivity contribution in [3.05, 3.63) is 297 Å². The summed E-state index contributed by atoms with van der Waals surface area (Å²) in [6, 6.07) is 47.2. The van der Waals surface area contributed by atoms with E-state index in [-0.39, 0.29) is 41.4 Å². The number of carbonyl (C=O) groups excluding carboxylic acids is 3. The predicted octanol–water partition coefficient (Wildman–Crippen LogP) is 21.8. The van der Waals surface area contributed by atoms with Crippen molar-refractivity contribution in [3.8, 4) is 22.8 Å². The quantitative estimate of drug-likeness (QED) is 0.0837. The highest BCUT2D eigenvalue weighted by Gasteiger charge is 2.39. The number of hydrogen-bond donors (Lipinski definition) is 3. The van der Waals surface area contributed by atoms with Crippen LogP contribution in [-0.2, 0) is 19.3 Å². The summed E-state index contributed by atoms with van der Waals surface area (Å²) >= 11 is 38.5. The molecule has 4 atom stereocenters. The van der Waals surface area contributed by atoms with Crippen molar-refractivity contribution in [1.82, 2.24) is 60.4 Å². The van der Waals surface area contributed by atoms with E-state index >= 15 is 0 Å². The van der Waals surface area contributed by atoms with E-state index in [4.69, 9.17) is 89.6 Å². The molecule has 5 aliphatic rings. The van der Waals surface area contributed by atoms with Gasteiger partial charge in [-0.05, 0) is 282 Å². The number of ether oxygens (including phenoxy) is 1. The second kappa shape index (κ2) is 35.9. The lowest BCUT2D eigenvalue weighted by Crippen LogP contribution is -2.41. The van der Waals surface area contributed by atoms with Crippen molar-refractivity contribution < 1.29 is 27.9 Å². The van der Waals surface area contributed by atoms with Crippen molar-refractivity contribution in [1.29, 1.82) is 0 Å². The van der Waals surface area contributed by atoms with Gasteiger partial charge in [-0.3, -0.25) is 29.8 Å². The van der Waals surface area contributed by atoms with Crippen LogP contribution in [0.1, 0.15) is 196 Å². The third-order valence-corrected chi connectivity index (χ3v) is 22.7. The molecule has 16 nitrogen and oxygen atoms in total. The number of nitrogens with zero attached hydrogens (tertiary/aromatic N) is 9. The Morgan fingerprint density at radius 1 is 0.446 bits per heavy atom. The van der Waals surface area contributed by atoms with Crippen LogP contribution in [0.5, 0.6) is 5.75 Å². The number of rotatable bonds is 15. The van der Waals surface area contributed by atoms with Crippen LogP contribution in [0.15, 0.2) is 176 Å². The summed E-state index contributed by atoms with van der Waals surface area (Å²) in [4.78, 5) is 49.6. The molecule has 1 aliphatic heterocycles. The Labute approximate surface area is 679 Å². The fraction of sp³-hybridized carbons (Fsp3) is 0.273. The molecule has 3 amide bonds. The van der Waals surface area contributed by atoms with Crippen molar-refractivity contribution >= 4 is 122 Å². The van der Waals surface area contributed by atoms with E-state index < -0.39 is 0 Å². The average molecular weight is 1620 g/mol. The molecule has 1 saturated carbocycles. The van der Waals surface area contributed by atoms with Gasteiger partial charge in [0.25, 0.3) is 17.7 Å². The number of benzene rings is 6. The van der Waals surface area contributed by atoms with E-state index in [0.717, 1.165) is 162 Å². The zero-order valence-electron chi connectivity index (χ0n) is 62.0. The second-order valence-corrected chi connectivity index (χ2v) is 31.3. The summed E-state index contributed by atoms with van der Waals surface area (Å²) in [6.45, 7) is 5.63. The van der Waals surface area contributed by atoms with Crippen molar-refractivity contribution in [3.63, 3.8) is 0 Å². The number of amides is 3. The van der Waals surface area contributed by atoms with Crippen LogP contribution < -0.4 is 20.8 Å². The second-order valence-electron chi connectivity index (χ2n) is 28.8. The van der Waals surface area contributed by atoms with Crippen LogP contribution >= 0.6 is 69.6 Å². The zero-order valence-corrected chi connectivity index (χ0v) is 66.5. The van der Waals surface area contributed by atoms with Gasteiger partial charge in [0.05, 0.1) is 79.8 Å². The van der Waals surface area contributed by atoms with Gasteiger partial charge in [0.15, 0.2) is 17.1 Å². The monoisotopic (exact) mass is 1620 g/mol. The van der Waals surface area contributed by atoms with E-state index in [0.29, 0.717) is 89.0 Å². The average Bonchev–Trinajstić information content (AvgIpc) is 1.62. The lowest BCUT2D eigenvalue weighted by Gasteiger charge is -2.17. The lowest BCUT2D eigenvalue weighted by atomic mass is 10.0. The maximum Gasteiger partial charge on any atom is 0.286 e. The molecule has 2 fully saturated rings. The molecule has 6 aromatic carbocycles. The highest BCUT2D eigenvalue weighted by atomic mass is 35.5. The Hall–Kier alpha value is -9.76. The molecule has 0 bridgehead atoms. The standard InChI is InChI=1S/C30H32Cl2N4O2.2C29H25Cl2FN4O/c1-38-24-12-9-19(10-13-24)15-20-5-2-3-8-25-28(30(37)34-35-17-21-6-4-7-22(21)18-35)33-36(29(20)25)27-14-11-23(31)16-26(27)32;2*1-18(25-8-4-5-15-33-25)34-29(37)27-23-7-3-2-6-20(16-19-9-12-22(32)13-10-19)28(23)36(35-27)26-14-11-21(30)17-24(26)31/h9-16,21-22H,2-8,17-18H2,1H3,(H,34,37);2*4-5,8-18H,2-3,6-7H2,1H3,(H,34,37)/b20-15+;2*20-16+/t;18-;/m.1./s1. The van der Waals surface area contributed by atoms with Crippen LogP contribution in [0.4, 0.5) is 8.78 Å². The molecular formula is C88H82Cl6F2N12O4. The Kier molecular flexibility index (Phi) is 25.3. The van der Waals surface area contributed by atoms with Gasteiger partial charge in [0, 0.05) is 57.2 Å². The topological polar surface area (TPSA) is 179 Å². The Morgan fingerprint density at radius 3 is 1.13 bits per heavy atom. The first-order valence-corrected chi connectivity index (χ1v) is 40.1. The lowest BCUT2D eigenvalue weighted by molar-refractivity contribution is 0.0806. The molecule has 11 aromatic rings. The summed E-state index contributed by atoms with van der Waals surface area (Å²) < 4.78 is 37.8. The number of pyridine rings is 2. The molecule has 1 saturated heterocycles. The number of hydrogen-bond acceptors (Lipinski definition) is 10. The SMILES string of the molecule is CC(NC(=O)c1nn(-c2ccc(Cl)cc2Cl)c2c1CCCC/C2=C\c1ccc(F)cc1)c1ccccn1.COc1ccc(/C=C2\CCCCc3c(C(=O)NN4CC5CCCC5C4)nn(-c4ccc(Cl)cc4Cl)c32)cc1.C[C@@H](NC(=O)c1nn(-c2ccc(Cl)cc2Cl)c2c1CCCC/C2=C\c1ccc(F)cc1)c1ccccn1. The highest BCUT2D eigenvalue weighted by Crippen LogP contribution is 2.43. The number of methoxy groups -OCH3 is 1. The molecule has 16 rings (SSSR count). The summed E-state index contributed by atoms with van der Waals surface area (Å²) in [6.07, 6.45) is 23.8. The fourth-order valence-corrected chi connectivity index (χ4v) is 17.1. The summed E-state index contributed by atoms with van der Waals surface area (Å²) in [5, 5.41) is 25.7. The summed E-state index contributed by atoms with van der Waals surface area (Å²) in [5.74, 6) is 0.925. The maximum atomic E-state index is 13.7. The molecule has 574 valence electrons. The van der Waals surface area contributed by atoms with Gasteiger partial charge < -0.3 is 15.4 Å². The number of aromatic nitrogens is 8. The number of halogens is 8. The number of hydrazine groups is 1. The van der Waals surface area contributed by atoms with Crippen LogP contribution in [-0.4, -0.2) is 82.2 Å². The fourth-order valence-electron chi connectivity index (χ4n) is 15.6. The molecule has 3 unspecified atom stereocenters. The molecule has 4 aliphatic carbocycles. The Bertz CT molecular complexity index is 5120. The molecule has 24 heteroatoms. The van der Waals surface area contributed by atoms with Gasteiger partial charge in [-0.25, -0.2) is 27.8 Å². The van der Waals surface area contributed by atoms with Crippen LogP contribution in [0.25, 0.3) is 52.0 Å². The number of fused-ring (bicyclic) bond motifs is 4. The third-order valence-electron chi connectivity index (χ3n) is 21.1. The molecular weight excluding hydrogens is 1540 g/mol. The van der Waals surface area contributed by atoms with E-state index in [1.165, 1.54) is 43.5 Å². The van der Waals surface area contributed by atoms with Gasteiger partial charge in [0.1, 0.15) is 17.4 Å². The van der Waals surface area contributed by atoms with E-state index in [9.17, 15) is 23.2 Å². The van der Waals surface area contributed by atoms with Crippen molar-refractivity contribution in [2.75, 3.05) is 20.2 Å². The van der Waals surface area contributed by atoms with Gasteiger partial charge in [-0.15, -0.1) is 0 Å². The summed E-state index contributed by atoms with van der Waals surface area (Å²) in [5.41, 5.74) is 19.2. The third kappa shape index (κ3) is 18.3. The minimum absolute atomic E-state index is 0.143.